The van der Waals surface area contributed by atoms with Crippen LogP contribution in [-0.4, -0.2) is 21.0 Å². The van der Waals surface area contributed by atoms with Crippen LogP contribution in [0.5, 0.6) is 0 Å². The zero-order valence-electron chi connectivity index (χ0n) is 10.5. The number of rotatable bonds is 5. The smallest absolute Gasteiger partial charge is 0.336 e. The van der Waals surface area contributed by atoms with Gasteiger partial charge in [0.1, 0.15) is 0 Å². The van der Waals surface area contributed by atoms with Gasteiger partial charge in [0, 0.05) is 22.7 Å². The van der Waals surface area contributed by atoms with Crippen LogP contribution in [0.2, 0.25) is 0 Å². The maximum absolute atomic E-state index is 11.0. The van der Waals surface area contributed by atoms with Gasteiger partial charge in [-0.05, 0) is 13.0 Å². The summed E-state index contributed by atoms with van der Waals surface area (Å²) in [5.41, 5.74) is 2.95. The van der Waals surface area contributed by atoms with Crippen molar-refractivity contribution in [2.24, 2.45) is 0 Å². The topological polar surface area (TPSA) is 105 Å². The number of nitrogens with one attached hydrogen (secondary N) is 1. The van der Waals surface area contributed by atoms with Gasteiger partial charge in [0.25, 0.3) is 5.69 Å². The van der Waals surface area contributed by atoms with E-state index in [0.717, 1.165) is 11.8 Å². The molecule has 0 aliphatic heterocycles. The van der Waals surface area contributed by atoms with E-state index in [1.54, 1.807) is 12.4 Å². The van der Waals surface area contributed by atoms with Crippen LogP contribution in [0.4, 0.5) is 11.4 Å². The number of nitrogens with zero attached hydrogens (tertiary/aromatic N) is 2. The number of aromatic nitrogens is 1. The molecule has 8 heteroatoms. The molecule has 2 rings (SSSR count). The largest absolute Gasteiger partial charge is 0.478 e. The minimum Gasteiger partial charge on any atom is -0.478 e. The average molecular weight is 293 g/mol. The second-order valence-corrected chi connectivity index (χ2v) is 4.78. The summed E-state index contributed by atoms with van der Waals surface area (Å²) in [7, 11) is 0. The number of nitro groups is 1. The van der Waals surface area contributed by atoms with E-state index in [-0.39, 0.29) is 11.3 Å². The van der Waals surface area contributed by atoms with E-state index in [1.165, 1.54) is 17.4 Å². The van der Waals surface area contributed by atoms with Crippen LogP contribution in [0.3, 0.4) is 0 Å². The minimum atomic E-state index is -1.20. The summed E-state index contributed by atoms with van der Waals surface area (Å²) in [6.07, 6.45) is 0. The monoisotopic (exact) mass is 293 g/mol. The minimum absolute atomic E-state index is 0.122. The summed E-state index contributed by atoms with van der Waals surface area (Å²) in [5.74, 6) is -1.20. The van der Waals surface area contributed by atoms with E-state index in [4.69, 9.17) is 5.11 Å². The number of carboxylic acid groups (broad SMARTS) is 1. The average Bonchev–Trinajstić information content (AvgIpc) is 2.90. The van der Waals surface area contributed by atoms with Crippen molar-refractivity contribution in [3.05, 3.63) is 50.0 Å². The summed E-state index contributed by atoms with van der Waals surface area (Å²) < 4.78 is 0. The van der Waals surface area contributed by atoms with E-state index >= 15 is 0 Å². The fourth-order valence-corrected chi connectivity index (χ4v) is 2.26. The summed E-state index contributed by atoms with van der Waals surface area (Å²) >= 11 is 1.44. The van der Waals surface area contributed by atoms with E-state index in [0.29, 0.717) is 17.8 Å². The molecule has 0 unspecified atom stereocenters. The highest BCUT2D eigenvalue weighted by molar-refractivity contribution is 7.07. The predicted octanol–water partition coefficient (Wildman–Crippen LogP) is 2.67. The third-order valence-electron chi connectivity index (χ3n) is 2.77. The molecule has 0 amide bonds. The first-order valence-corrected chi connectivity index (χ1v) is 6.56. The van der Waals surface area contributed by atoms with Gasteiger partial charge < -0.3 is 10.4 Å². The van der Waals surface area contributed by atoms with Gasteiger partial charge in [-0.1, -0.05) is 0 Å². The van der Waals surface area contributed by atoms with Crippen LogP contribution >= 0.6 is 11.3 Å². The Labute approximate surface area is 118 Å². The van der Waals surface area contributed by atoms with Crippen molar-refractivity contribution in [3.8, 4) is 0 Å². The van der Waals surface area contributed by atoms with Gasteiger partial charge >= 0.3 is 5.97 Å². The summed E-state index contributed by atoms with van der Waals surface area (Å²) in [5, 5.41) is 24.8. The van der Waals surface area contributed by atoms with Gasteiger partial charge in [0.15, 0.2) is 0 Å². The van der Waals surface area contributed by atoms with Crippen molar-refractivity contribution in [1.29, 1.82) is 0 Å². The van der Waals surface area contributed by atoms with Crippen LogP contribution in [0.1, 0.15) is 21.6 Å². The molecule has 1 aromatic carbocycles. The Morgan fingerprint density at radius 2 is 2.30 bits per heavy atom. The lowest BCUT2D eigenvalue weighted by Crippen LogP contribution is -2.06. The lowest BCUT2D eigenvalue weighted by Gasteiger charge is -2.10. The number of carbonyl (C=O) groups is 1. The second-order valence-electron chi connectivity index (χ2n) is 4.06. The van der Waals surface area contributed by atoms with E-state index in [2.05, 4.69) is 10.3 Å². The zero-order chi connectivity index (χ0) is 14.7. The van der Waals surface area contributed by atoms with Crippen LogP contribution < -0.4 is 5.32 Å². The third kappa shape index (κ3) is 2.91. The van der Waals surface area contributed by atoms with Crippen molar-refractivity contribution in [3.63, 3.8) is 0 Å². The Bertz CT molecular complexity index is 655. The highest BCUT2D eigenvalue weighted by atomic mass is 32.1. The Balaban J connectivity index is 2.35. The van der Waals surface area contributed by atoms with Crippen molar-refractivity contribution >= 4 is 28.7 Å². The number of thiazole rings is 1. The molecule has 0 aliphatic rings. The van der Waals surface area contributed by atoms with Crippen LogP contribution in [0, 0.1) is 17.0 Å². The van der Waals surface area contributed by atoms with Gasteiger partial charge in [-0.15, -0.1) is 11.3 Å². The van der Waals surface area contributed by atoms with Gasteiger partial charge in [-0.2, -0.15) is 0 Å². The Morgan fingerprint density at radius 3 is 2.85 bits per heavy atom. The second kappa shape index (κ2) is 5.66. The normalized spacial score (nSPS) is 10.2. The molecule has 0 bridgehead atoms. The molecular weight excluding hydrogens is 282 g/mol. The molecule has 104 valence electrons. The van der Waals surface area contributed by atoms with Crippen LogP contribution in [0.25, 0.3) is 0 Å². The summed E-state index contributed by atoms with van der Waals surface area (Å²) in [4.78, 5) is 25.5. The number of aromatic carboxylic acids is 1. The van der Waals surface area contributed by atoms with E-state index < -0.39 is 10.9 Å². The molecule has 7 nitrogen and oxygen atoms in total. The lowest BCUT2D eigenvalue weighted by molar-refractivity contribution is -0.385. The molecule has 0 aliphatic carbocycles. The number of hydrogen-bond donors (Lipinski definition) is 2. The molecule has 20 heavy (non-hydrogen) atoms. The molecular formula is C12H11N3O4S. The van der Waals surface area contributed by atoms with Crippen LogP contribution in [0.15, 0.2) is 23.0 Å². The summed E-state index contributed by atoms with van der Waals surface area (Å²) in [6.45, 7) is 1.96. The molecule has 0 radical (unpaired) electrons. The maximum atomic E-state index is 11.0. The maximum Gasteiger partial charge on any atom is 0.336 e. The van der Waals surface area contributed by atoms with Crippen molar-refractivity contribution in [2.45, 2.75) is 13.5 Å². The fourth-order valence-electron chi connectivity index (χ4n) is 1.71. The molecule has 1 heterocycles. The molecule has 0 fully saturated rings. The lowest BCUT2D eigenvalue weighted by atomic mass is 10.1. The van der Waals surface area contributed by atoms with Crippen molar-refractivity contribution < 1.29 is 14.8 Å². The Morgan fingerprint density at radius 1 is 1.55 bits per heavy atom. The zero-order valence-corrected chi connectivity index (χ0v) is 11.3. The number of benzene rings is 1. The van der Waals surface area contributed by atoms with Crippen molar-refractivity contribution in [2.75, 3.05) is 5.32 Å². The SMILES string of the molecule is Cc1c(NCc2cscn2)cc(C(=O)O)cc1[N+](=O)[O-]. The molecule has 0 spiro atoms. The number of anilines is 1. The predicted molar refractivity (Wildman–Crippen MR) is 74.2 cm³/mol. The molecule has 2 aromatic rings. The van der Waals surface area contributed by atoms with E-state index in [9.17, 15) is 14.9 Å². The standard InChI is InChI=1S/C12H11N3O4S/c1-7-10(13-4-9-5-20-6-14-9)2-8(12(16)17)3-11(7)15(18)19/h2-3,5-6,13H,4H2,1H3,(H,16,17). The molecule has 1 aromatic heterocycles. The fraction of sp³-hybridized carbons (Fsp3) is 0.167. The molecule has 2 N–H and O–H groups in total. The molecule has 0 atom stereocenters. The van der Waals surface area contributed by atoms with Gasteiger partial charge in [0.05, 0.1) is 28.2 Å². The van der Waals surface area contributed by atoms with Crippen LogP contribution in [-0.2, 0) is 6.54 Å². The van der Waals surface area contributed by atoms with E-state index in [1.807, 2.05) is 5.38 Å². The number of hydrogen-bond acceptors (Lipinski definition) is 6. The Hall–Kier alpha value is -2.48. The first-order chi connectivity index (χ1) is 9.49. The third-order valence-corrected chi connectivity index (χ3v) is 3.40. The van der Waals surface area contributed by atoms with Gasteiger partial charge in [-0.3, -0.25) is 10.1 Å². The van der Waals surface area contributed by atoms with Crippen molar-refractivity contribution in [1.82, 2.24) is 4.98 Å². The van der Waals surface area contributed by atoms with Gasteiger partial charge in [-0.25, -0.2) is 9.78 Å². The number of nitro benzene ring substituents is 1. The molecule has 0 saturated heterocycles. The highest BCUT2D eigenvalue weighted by Gasteiger charge is 2.18. The first-order valence-electron chi connectivity index (χ1n) is 5.62. The molecule has 0 saturated carbocycles. The quantitative estimate of drug-likeness (QED) is 0.648. The number of carboxylic acids is 1. The van der Waals surface area contributed by atoms with Gasteiger partial charge in [0.2, 0.25) is 0 Å². The first kappa shape index (κ1) is 13.9. The highest BCUT2D eigenvalue weighted by Crippen LogP contribution is 2.28. The Kier molecular flexibility index (Phi) is 3.94. The summed E-state index contributed by atoms with van der Waals surface area (Å²) in [6, 6.07) is 2.45.